The van der Waals surface area contributed by atoms with E-state index in [2.05, 4.69) is 23.7 Å². The van der Waals surface area contributed by atoms with Gasteiger partial charge in [-0.25, -0.2) is 0 Å². The number of hydrogen-bond donors (Lipinski definition) is 1. The van der Waals surface area contributed by atoms with Crippen LogP contribution in [0.25, 0.3) is 0 Å². The van der Waals surface area contributed by atoms with Gasteiger partial charge in [0.15, 0.2) is 5.60 Å². The SMILES string of the molecule is CCC1(C#CC#CC(C)(C)O)CO1. The molecule has 0 radical (unpaired) electrons. The minimum atomic E-state index is -0.960. The van der Waals surface area contributed by atoms with E-state index in [0.29, 0.717) is 6.61 Å². The topological polar surface area (TPSA) is 32.8 Å². The van der Waals surface area contributed by atoms with Gasteiger partial charge in [-0.1, -0.05) is 18.8 Å². The summed E-state index contributed by atoms with van der Waals surface area (Å²) in [6.45, 7) is 6.00. The third-order valence-electron chi connectivity index (χ3n) is 1.79. The predicted octanol–water partition coefficient (Wildman–Crippen LogP) is 0.943. The van der Waals surface area contributed by atoms with Crippen molar-refractivity contribution in [2.24, 2.45) is 0 Å². The first-order valence-corrected chi connectivity index (χ1v) is 4.38. The third kappa shape index (κ3) is 3.51. The van der Waals surface area contributed by atoms with Gasteiger partial charge < -0.3 is 9.84 Å². The van der Waals surface area contributed by atoms with Gasteiger partial charge in [0.1, 0.15) is 5.60 Å². The Morgan fingerprint density at radius 1 is 1.46 bits per heavy atom. The zero-order chi connectivity index (χ0) is 9.95. The monoisotopic (exact) mass is 178 g/mol. The van der Waals surface area contributed by atoms with E-state index in [4.69, 9.17) is 4.74 Å². The maximum atomic E-state index is 9.25. The second-order valence-electron chi connectivity index (χ2n) is 3.70. The van der Waals surface area contributed by atoms with E-state index in [9.17, 15) is 5.11 Å². The maximum Gasteiger partial charge on any atom is 0.152 e. The molecule has 2 nitrogen and oxygen atoms in total. The first kappa shape index (κ1) is 10.1. The standard InChI is InChI=1S/C11H14O2/c1-4-11(9-13-11)8-6-5-7-10(2,3)12/h12H,4,9H2,1-3H3. The van der Waals surface area contributed by atoms with Gasteiger partial charge in [0.25, 0.3) is 0 Å². The highest BCUT2D eigenvalue weighted by molar-refractivity contribution is 5.34. The van der Waals surface area contributed by atoms with Crippen LogP contribution in [-0.4, -0.2) is 22.9 Å². The normalized spacial score (nSPS) is 25.2. The van der Waals surface area contributed by atoms with Gasteiger partial charge in [0.2, 0.25) is 0 Å². The van der Waals surface area contributed by atoms with Crippen LogP contribution >= 0.6 is 0 Å². The van der Waals surface area contributed by atoms with Gasteiger partial charge in [0.05, 0.1) is 6.61 Å². The summed E-state index contributed by atoms with van der Waals surface area (Å²) in [5, 5.41) is 9.25. The highest BCUT2D eigenvalue weighted by Crippen LogP contribution is 2.29. The fourth-order valence-corrected chi connectivity index (χ4v) is 0.781. The van der Waals surface area contributed by atoms with Crippen LogP contribution in [-0.2, 0) is 4.74 Å². The lowest BCUT2D eigenvalue weighted by atomic mass is 10.1. The van der Waals surface area contributed by atoms with Crippen molar-refractivity contribution in [1.82, 2.24) is 0 Å². The van der Waals surface area contributed by atoms with Crippen LogP contribution in [0.4, 0.5) is 0 Å². The van der Waals surface area contributed by atoms with Gasteiger partial charge in [-0.15, -0.1) is 0 Å². The van der Waals surface area contributed by atoms with E-state index < -0.39 is 5.60 Å². The van der Waals surface area contributed by atoms with Crippen molar-refractivity contribution in [1.29, 1.82) is 0 Å². The van der Waals surface area contributed by atoms with Gasteiger partial charge >= 0.3 is 0 Å². The van der Waals surface area contributed by atoms with Crippen LogP contribution in [0.5, 0.6) is 0 Å². The lowest BCUT2D eigenvalue weighted by molar-refractivity contribution is 0.143. The highest BCUT2D eigenvalue weighted by atomic mass is 16.6. The molecule has 0 amide bonds. The Labute approximate surface area is 79.3 Å². The molecule has 0 aromatic carbocycles. The Balaban J connectivity index is 2.53. The summed E-state index contributed by atoms with van der Waals surface area (Å²) in [7, 11) is 0. The second-order valence-corrected chi connectivity index (χ2v) is 3.70. The Bertz CT molecular complexity index is 297. The Kier molecular flexibility index (Phi) is 2.66. The van der Waals surface area contributed by atoms with E-state index in [-0.39, 0.29) is 5.60 Å². The van der Waals surface area contributed by atoms with E-state index >= 15 is 0 Å². The van der Waals surface area contributed by atoms with E-state index in [1.807, 2.05) is 6.92 Å². The van der Waals surface area contributed by atoms with Gasteiger partial charge in [-0.05, 0) is 32.1 Å². The Morgan fingerprint density at radius 3 is 2.46 bits per heavy atom. The molecule has 1 N–H and O–H groups in total. The molecule has 1 unspecified atom stereocenters. The molecule has 1 atom stereocenters. The van der Waals surface area contributed by atoms with Crippen LogP contribution in [0.3, 0.4) is 0 Å². The number of ether oxygens (including phenoxy) is 1. The summed E-state index contributed by atoms with van der Waals surface area (Å²) in [4.78, 5) is 0. The molecule has 1 aliphatic rings. The minimum absolute atomic E-state index is 0.228. The third-order valence-corrected chi connectivity index (χ3v) is 1.79. The molecular formula is C11H14O2. The molecule has 0 saturated carbocycles. The maximum absolute atomic E-state index is 9.25. The minimum Gasteiger partial charge on any atom is -0.378 e. The number of rotatable bonds is 1. The summed E-state index contributed by atoms with van der Waals surface area (Å²) in [5.74, 6) is 10.9. The molecule has 2 heteroatoms. The molecule has 1 heterocycles. The molecule has 1 saturated heterocycles. The molecule has 13 heavy (non-hydrogen) atoms. The average molecular weight is 178 g/mol. The highest BCUT2D eigenvalue weighted by Gasteiger charge is 2.40. The van der Waals surface area contributed by atoms with Crippen molar-refractivity contribution >= 4 is 0 Å². The molecule has 0 spiro atoms. The molecule has 0 aromatic rings. The molecular weight excluding hydrogens is 164 g/mol. The van der Waals surface area contributed by atoms with Gasteiger partial charge in [0, 0.05) is 0 Å². The van der Waals surface area contributed by atoms with Crippen molar-refractivity contribution in [2.45, 2.75) is 38.4 Å². The molecule has 0 bridgehead atoms. The first-order valence-electron chi connectivity index (χ1n) is 4.38. The van der Waals surface area contributed by atoms with Crippen molar-refractivity contribution < 1.29 is 9.84 Å². The predicted molar refractivity (Wildman–Crippen MR) is 50.8 cm³/mol. The van der Waals surface area contributed by atoms with Crippen molar-refractivity contribution in [2.75, 3.05) is 6.61 Å². The molecule has 0 aromatic heterocycles. The van der Waals surface area contributed by atoms with Crippen LogP contribution < -0.4 is 0 Å². The fourth-order valence-electron chi connectivity index (χ4n) is 0.781. The summed E-state index contributed by atoms with van der Waals surface area (Å²) < 4.78 is 5.17. The first-order chi connectivity index (χ1) is 5.97. The fraction of sp³-hybridized carbons (Fsp3) is 0.636. The van der Waals surface area contributed by atoms with Crippen LogP contribution in [0.15, 0.2) is 0 Å². The van der Waals surface area contributed by atoms with E-state index in [0.717, 1.165) is 6.42 Å². The molecule has 70 valence electrons. The van der Waals surface area contributed by atoms with Crippen LogP contribution in [0.1, 0.15) is 27.2 Å². The van der Waals surface area contributed by atoms with Crippen molar-refractivity contribution in [3.8, 4) is 23.7 Å². The van der Waals surface area contributed by atoms with E-state index in [1.165, 1.54) is 0 Å². The van der Waals surface area contributed by atoms with Gasteiger partial charge in [-0.2, -0.15) is 0 Å². The van der Waals surface area contributed by atoms with Crippen molar-refractivity contribution in [3.63, 3.8) is 0 Å². The summed E-state index contributed by atoms with van der Waals surface area (Å²) in [6.07, 6.45) is 0.893. The van der Waals surface area contributed by atoms with Gasteiger partial charge in [-0.3, -0.25) is 0 Å². The Morgan fingerprint density at radius 2 is 2.08 bits per heavy atom. The number of hydrogen-bond acceptors (Lipinski definition) is 2. The largest absolute Gasteiger partial charge is 0.378 e. The summed E-state index contributed by atoms with van der Waals surface area (Å²) in [6, 6.07) is 0. The number of aliphatic hydroxyl groups is 1. The van der Waals surface area contributed by atoms with E-state index in [1.54, 1.807) is 13.8 Å². The smallest absolute Gasteiger partial charge is 0.152 e. The Hall–Kier alpha value is -0.960. The molecule has 0 aliphatic carbocycles. The quantitative estimate of drug-likeness (QED) is 0.479. The summed E-state index contributed by atoms with van der Waals surface area (Å²) >= 11 is 0. The zero-order valence-electron chi connectivity index (χ0n) is 8.27. The average Bonchev–Trinajstić information content (AvgIpc) is 2.78. The molecule has 1 aliphatic heterocycles. The summed E-state index contributed by atoms with van der Waals surface area (Å²) in [5.41, 5.74) is -1.19. The lowest BCUT2D eigenvalue weighted by Crippen LogP contribution is -2.14. The van der Waals surface area contributed by atoms with Crippen LogP contribution in [0, 0.1) is 23.7 Å². The lowest BCUT2D eigenvalue weighted by Gasteiger charge is -2.04. The second kappa shape index (κ2) is 3.42. The zero-order valence-corrected chi connectivity index (χ0v) is 8.27. The molecule has 1 rings (SSSR count). The van der Waals surface area contributed by atoms with Crippen molar-refractivity contribution in [3.05, 3.63) is 0 Å². The van der Waals surface area contributed by atoms with Crippen LogP contribution in [0.2, 0.25) is 0 Å². The number of epoxide rings is 1. The molecule has 1 fully saturated rings.